The summed E-state index contributed by atoms with van der Waals surface area (Å²) in [5.41, 5.74) is 0.810. The van der Waals surface area contributed by atoms with E-state index in [0.717, 1.165) is 0 Å². The van der Waals surface area contributed by atoms with Gasteiger partial charge in [-0.2, -0.15) is 0 Å². The summed E-state index contributed by atoms with van der Waals surface area (Å²) in [6, 6.07) is 4.36. The molecule has 0 fully saturated rings. The second kappa shape index (κ2) is 5.03. The number of aryl methyl sites for hydroxylation is 1. The van der Waals surface area contributed by atoms with Gasteiger partial charge in [-0.3, -0.25) is 0 Å². The van der Waals surface area contributed by atoms with Gasteiger partial charge in [-0.1, -0.05) is 6.07 Å². The number of hydrogen-bond donors (Lipinski definition) is 0. The lowest BCUT2D eigenvalue weighted by atomic mass is 10.1. The molecule has 0 saturated heterocycles. The number of hydrogen-bond acceptors (Lipinski definition) is 3. The number of benzene rings is 1. The third kappa shape index (κ3) is 3.20. The number of nitrogens with zero attached hydrogens (tertiary/aromatic N) is 1. The molecule has 0 amide bonds. The Balaban J connectivity index is 2.45. The van der Waals surface area contributed by atoms with Crippen molar-refractivity contribution in [2.75, 3.05) is 0 Å². The molecule has 2 aromatic rings. The van der Waals surface area contributed by atoms with Gasteiger partial charge in [0.15, 0.2) is 0 Å². The maximum Gasteiger partial charge on any atom is 0.573 e. The van der Waals surface area contributed by atoms with Crippen LogP contribution in [0.15, 0.2) is 22.6 Å². The molecule has 0 N–H and O–H groups in total. The fourth-order valence-corrected chi connectivity index (χ4v) is 1.90. The van der Waals surface area contributed by atoms with Gasteiger partial charge in [0.25, 0.3) is 0 Å². The zero-order chi connectivity index (χ0) is 14.2. The molecule has 1 heterocycles. The maximum absolute atomic E-state index is 12.3. The lowest BCUT2D eigenvalue weighted by Crippen LogP contribution is -2.17. The minimum atomic E-state index is -4.72. The van der Waals surface area contributed by atoms with Crippen LogP contribution in [0, 0.1) is 17.5 Å². The van der Waals surface area contributed by atoms with Crippen LogP contribution in [0.2, 0.25) is 0 Å². The molecule has 1 aromatic heterocycles. The van der Waals surface area contributed by atoms with E-state index in [-0.39, 0.29) is 11.6 Å². The van der Waals surface area contributed by atoms with Crippen LogP contribution in [0.3, 0.4) is 0 Å². The van der Waals surface area contributed by atoms with Crippen molar-refractivity contribution in [1.29, 1.82) is 0 Å². The predicted molar refractivity (Wildman–Crippen MR) is 70.8 cm³/mol. The minimum Gasteiger partial charge on any atom is -0.440 e. The molecule has 0 atom stereocenters. The summed E-state index contributed by atoms with van der Waals surface area (Å²) in [7, 11) is 0. The van der Waals surface area contributed by atoms with Crippen molar-refractivity contribution in [2.24, 2.45) is 0 Å². The Morgan fingerprint density at radius 1 is 1.26 bits per heavy atom. The van der Waals surface area contributed by atoms with Crippen LogP contribution in [-0.2, 0) is 0 Å². The van der Waals surface area contributed by atoms with Gasteiger partial charge < -0.3 is 9.15 Å². The lowest BCUT2D eigenvalue weighted by molar-refractivity contribution is -0.274. The summed E-state index contributed by atoms with van der Waals surface area (Å²) in [4.78, 5) is 4.16. The van der Waals surface area contributed by atoms with E-state index < -0.39 is 6.36 Å². The Bertz CT molecular complexity index is 588. The van der Waals surface area contributed by atoms with Crippen molar-refractivity contribution in [1.82, 2.24) is 4.98 Å². The van der Waals surface area contributed by atoms with E-state index in [1.54, 1.807) is 13.0 Å². The molecule has 0 radical (unpaired) electrons. The number of ether oxygens (including phenoxy) is 1. The second-order valence-corrected chi connectivity index (χ2v) is 4.86. The first kappa shape index (κ1) is 14.2. The molecule has 0 spiro atoms. The van der Waals surface area contributed by atoms with Crippen LogP contribution in [0.25, 0.3) is 11.5 Å². The van der Waals surface area contributed by atoms with Gasteiger partial charge >= 0.3 is 6.36 Å². The summed E-state index contributed by atoms with van der Waals surface area (Å²) in [6.45, 7) is 3.27. The van der Waals surface area contributed by atoms with Crippen LogP contribution in [0.1, 0.15) is 11.3 Å². The molecule has 0 bridgehead atoms. The first-order valence-electron chi connectivity index (χ1n) is 5.26. The van der Waals surface area contributed by atoms with Gasteiger partial charge in [-0.05, 0) is 48.6 Å². The number of aromatic nitrogens is 1. The zero-order valence-corrected chi connectivity index (χ0v) is 12.2. The van der Waals surface area contributed by atoms with Crippen molar-refractivity contribution < 1.29 is 22.3 Å². The van der Waals surface area contributed by atoms with E-state index >= 15 is 0 Å². The average Bonchev–Trinajstić information content (AvgIpc) is 2.60. The van der Waals surface area contributed by atoms with Gasteiger partial charge in [-0.25, -0.2) is 4.98 Å². The molecule has 19 heavy (non-hydrogen) atoms. The fourth-order valence-electron chi connectivity index (χ4n) is 1.57. The molecule has 2 rings (SSSR count). The topological polar surface area (TPSA) is 35.3 Å². The third-order valence-corrected chi connectivity index (χ3v) is 3.48. The lowest BCUT2D eigenvalue weighted by Gasteiger charge is -2.12. The largest absolute Gasteiger partial charge is 0.573 e. The van der Waals surface area contributed by atoms with Gasteiger partial charge in [0.2, 0.25) is 5.89 Å². The molecular formula is C12H9F3INO2. The van der Waals surface area contributed by atoms with E-state index in [4.69, 9.17) is 4.42 Å². The van der Waals surface area contributed by atoms with E-state index in [1.807, 2.05) is 22.6 Å². The van der Waals surface area contributed by atoms with Gasteiger partial charge in [-0.15, -0.1) is 13.2 Å². The molecule has 7 heteroatoms. The van der Waals surface area contributed by atoms with E-state index in [0.29, 0.717) is 20.6 Å². The highest BCUT2D eigenvalue weighted by Gasteiger charge is 2.32. The number of rotatable bonds is 2. The Hall–Kier alpha value is -1.25. The van der Waals surface area contributed by atoms with E-state index in [1.165, 1.54) is 19.1 Å². The smallest absolute Gasteiger partial charge is 0.440 e. The normalized spacial score (nSPS) is 11.7. The monoisotopic (exact) mass is 383 g/mol. The number of alkyl halides is 3. The number of oxazole rings is 1. The molecule has 0 saturated carbocycles. The summed E-state index contributed by atoms with van der Waals surface area (Å²) in [5, 5.41) is 0. The average molecular weight is 383 g/mol. The Morgan fingerprint density at radius 3 is 2.47 bits per heavy atom. The molecule has 0 aliphatic rings. The highest BCUT2D eigenvalue weighted by Crippen LogP contribution is 2.33. The molecule has 102 valence electrons. The van der Waals surface area contributed by atoms with Crippen molar-refractivity contribution in [2.45, 2.75) is 20.2 Å². The molecule has 0 aliphatic carbocycles. The summed E-state index contributed by atoms with van der Waals surface area (Å²) >= 11 is 2.00. The van der Waals surface area contributed by atoms with Crippen molar-refractivity contribution in [3.05, 3.63) is 33.2 Å². The van der Waals surface area contributed by atoms with Crippen LogP contribution in [-0.4, -0.2) is 11.3 Å². The SMILES string of the molecule is Cc1oc(-c2cccc(OC(F)(F)F)c2C)nc1I. The van der Waals surface area contributed by atoms with Crippen molar-refractivity contribution >= 4 is 22.6 Å². The van der Waals surface area contributed by atoms with Crippen LogP contribution in [0.4, 0.5) is 13.2 Å². The fraction of sp³-hybridized carbons (Fsp3) is 0.250. The molecule has 1 aromatic carbocycles. The zero-order valence-electron chi connectivity index (χ0n) is 10.0. The van der Waals surface area contributed by atoms with Crippen molar-refractivity contribution in [3.8, 4) is 17.2 Å². The van der Waals surface area contributed by atoms with Crippen LogP contribution < -0.4 is 4.74 Å². The van der Waals surface area contributed by atoms with Gasteiger partial charge in [0.05, 0.1) is 0 Å². The van der Waals surface area contributed by atoms with E-state index in [9.17, 15) is 13.2 Å². The molecular weight excluding hydrogens is 374 g/mol. The van der Waals surface area contributed by atoms with Crippen LogP contribution in [0.5, 0.6) is 5.75 Å². The van der Waals surface area contributed by atoms with E-state index in [2.05, 4.69) is 9.72 Å². The van der Waals surface area contributed by atoms with Gasteiger partial charge in [0, 0.05) is 11.1 Å². The molecule has 0 aliphatic heterocycles. The Morgan fingerprint density at radius 2 is 1.95 bits per heavy atom. The summed E-state index contributed by atoms with van der Waals surface area (Å²) in [6.07, 6.45) is -4.72. The Labute approximate surface area is 120 Å². The maximum atomic E-state index is 12.3. The summed E-state index contributed by atoms with van der Waals surface area (Å²) < 4.78 is 46.8. The Kier molecular flexibility index (Phi) is 3.75. The molecule has 3 nitrogen and oxygen atoms in total. The second-order valence-electron chi connectivity index (χ2n) is 3.84. The number of halogens is 4. The quantitative estimate of drug-likeness (QED) is 0.719. The highest BCUT2D eigenvalue weighted by atomic mass is 127. The van der Waals surface area contributed by atoms with Crippen molar-refractivity contribution in [3.63, 3.8) is 0 Å². The first-order valence-corrected chi connectivity index (χ1v) is 6.34. The standard InChI is InChI=1S/C12H9F3INO2/c1-6-8(11-17-10(16)7(2)18-11)4-3-5-9(6)19-12(13,14)15/h3-5H,1-2H3. The van der Waals surface area contributed by atoms with Gasteiger partial charge in [0.1, 0.15) is 15.2 Å². The predicted octanol–water partition coefficient (Wildman–Crippen LogP) is 4.46. The first-order chi connectivity index (χ1) is 8.78. The van der Waals surface area contributed by atoms with Crippen LogP contribution >= 0.6 is 22.6 Å². The third-order valence-electron chi connectivity index (χ3n) is 2.48. The minimum absolute atomic E-state index is 0.254. The highest BCUT2D eigenvalue weighted by molar-refractivity contribution is 14.1. The molecule has 0 unspecified atom stereocenters. The summed E-state index contributed by atoms with van der Waals surface area (Å²) in [5.74, 6) is 0.653.